The second-order valence-electron chi connectivity index (χ2n) is 4.57. The van der Waals surface area contributed by atoms with Crippen molar-refractivity contribution in [2.24, 2.45) is 0 Å². The van der Waals surface area contributed by atoms with Crippen LogP contribution in [0.1, 0.15) is 18.9 Å². The molecule has 0 aliphatic carbocycles. The predicted octanol–water partition coefficient (Wildman–Crippen LogP) is 1.74. The van der Waals surface area contributed by atoms with Gasteiger partial charge in [0.05, 0.1) is 6.10 Å². The fourth-order valence-corrected chi connectivity index (χ4v) is 1.82. The Hall–Kier alpha value is -0.970. The predicted molar refractivity (Wildman–Crippen MR) is 70.1 cm³/mol. The van der Waals surface area contributed by atoms with Gasteiger partial charge in [0.25, 0.3) is 0 Å². The summed E-state index contributed by atoms with van der Waals surface area (Å²) in [6.07, 6.45) is 1.18. The van der Waals surface area contributed by atoms with Crippen LogP contribution in [0.2, 0.25) is 0 Å². The number of nitrogens with one attached hydrogen (secondary N) is 1. The van der Waals surface area contributed by atoms with E-state index >= 15 is 0 Å². The Kier molecular flexibility index (Phi) is 6.86. The fourth-order valence-electron chi connectivity index (χ4n) is 1.82. The minimum absolute atomic E-state index is 0.182. The normalized spacial score (nSPS) is 14.4. The second kappa shape index (κ2) is 8.19. The molecule has 0 fully saturated rings. The van der Waals surface area contributed by atoms with Crippen molar-refractivity contribution in [2.45, 2.75) is 31.9 Å². The van der Waals surface area contributed by atoms with Crippen molar-refractivity contribution in [1.29, 1.82) is 0 Å². The lowest BCUT2D eigenvalue weighted by Gasteiger charge is -2.19. The Morgan fingerprint density at radius 1 is 1.44 bits per heavy atom. The summed E-state index contributed by atoms with van der Waals surface area (Å²) in [4.78, 5) is 0. The lowest BCUT2D eigenvalue weighted by atomic mass is 10.0. The second-order valence-corrected chi connectivity index (χ2v) is 4.57. The standard InChI is InChI=1S/C14H22FNO2/c1-11(17)10-16-14(6-7-18-2)9-12-4-3-5-13(15)8-12/h3-5,8,11,14,16-17H,6-7,9-10H2,1-2H3. The molecule has 2 N–H and O–H groups in total. The van der Waals surface area contributed by atoms with Crippen LogP contribution in [0.15, 0.2) is 24.3 Å². The van der Waals surface area contributed by atoms with Crippen LogP contribution >= 0.6 is 0 Å². The Bertz CT molecular complexity index is 344. The number of aliphatic hydroxyl groups excluding tert-OH is 1. The quantitative estimate of drug-likeness (QED) is 0.743. The molecule has 18 heavy (non-hydrogen) atoms. The summed E-state index contributed by atoms with van der Waals surface area (Å²) >= 11 is 0. The molecule has 0 saturated carbocycles. The summed E-state index contributed by atoms with van der Waals surface area (Å²) in [6, 6.07) is 6.79. The van der Waals surface area contributed by atoms with Gasteiger partial charge in [-0.1, -0.05) is 12.1 Å². The molecule has 1 aromatic rings. The molecule has 0 saturated heterocycles. The maximum atomic E-state index is 13.1. The molecule has 102 valence electrons. The molecule has 0 heterocycles. The van der Waals surface area contributed by atoms with Gasteiger partial charge in [-0.25, -0.2) is 4.39 Å². The van der Waals surface area contributed by atoms with Crippen LogP contribution in [0.3, 0.4) is 0 Å². The first-order valence-electron chi connectivity index (χ1n) is 6.26. The van der Waals surface area contributed by atoms with E-state index in [1.807, 2.05) is 6.07 Å². The maximum absolute atomic E-state index is 13.1. The zero-order valence-corrected chi connectivity index (χ0v) is 11.0. The highest BCUT2D eigenvalue weighted by Crippen LogP contribution is 2.08. The molecule has 0 radical (unpaired) electrons. The highest BCUT2D eigenvalue weighted by atomic mass is 19.1. The molecular weight excluding hydrogens is 233 g/mol. The first kappa shape index (κ1) is 15.1. The summed E-state index contributed by atoms with van der Waals surface area (Å²) in [5, 5.41) is 12.6. The average molecular weight is 255 g/mol. The van der Waals surface area contributed by atoms with Gasteiger partial charge < -0.3 is 15.2 Å². The van der Waals surface area contributed by atoms with Gasteiger partial charge in [-0.2, -0.15) is 0 Å². The van der Waals surface area contributed by atoms with E-state index < -0.39 is 0 Å². The number of methoxy groups -OCH3 is 1. The van der Waals surface area contributed by atoms with Crippen LogP contribution in [0.25, 0.3) is 0 Å². The maximum Gasteiger partial charge on any atom is 0.123 e. The van der Waals surface area contributed by atoms with Crippen LogP contribution in [0.5, 0.6) is 0 Å². The SMILES string of the molecule is COCCC(Cc1cccc(F)c1)NCC(C)O. The van der Waals surface area contributed by atoms with Crippen molar-refractivity contribution in [2.75, 3.05) is 20.3 Å². The molecule has 2 unspecified atom stereocenters. The lowest BCUT2D eigenvalue weighted by molar-refractivity contribution is 0.165. The van der Waals surface area contributed by atoms with Crippen molar-refractivity contribution in [3.8, 4) is 0 Å². The summed E-state index contributed by atoms with van der Waals surface area (Å²) in [5.74, 6) is -0.214. The minimum Gasteiger partial charge on any atom is -0.392 e. The Labute approximate surface area is 108 Å². The van der Waals surface area contributed by atoms with Crippen molar-refractivity contribution in [3.05, 3.63) is 35.6 Å². The molecule has 0 bridgehead atoms. The molecule has 2 atom stereocenters. The summed E-state index contributed by atoms with van der Waals surface area (Å²) in [7, 11) is 1.66. The third-order valence-electron chi connectivity index (χ3n) is 2.74. The molecule has 0 aromatic heterocycles. The van der Waals surface area contributed by atoms with E-state index in [1.54, 1.807) is 26.2 Å². The molecular formula is C14H22FNO2. The van der Waals surface area contributed by atoms with Gasteiger partial charge in [0.15, 0.2) is 0 Å². The third kappa shape index (κ3) is 6.10. The first-order valence-corrected chi connectivity index (χ1v) is 6.26. The number of rotatable bonds is 8. The first-order chi connectivity index (χ1) is 8.61. The zero-order chi connectivity index (χ0) is 13.4. The zero-order valence-electron chi connectivity index (χ0n) is 11.0. The van der Waals surface area contributed by atoms with E-state index in [9.17, 15) is 9.50 Å². The molecule has 0 aliphatic heterocycles. The highest BCUT2D eigenvalue weighted by Gasteiger charge is 2.10. The van der Waals surface area contributed by atoms with E-state index in [1.165, 1.54) is 6.07 Å². The van der Waals surface area contributed by atoms with Gasteiger partial charge in [0, 0.05) is 26.3 Å². The number of ether oxygens (including phenoxy) is 1. The molecule has 3 nitrogen and oxygen atoms in total. The van der Waals surface area contributed by atoms with E-state index in [0.717, 1.165) is 18.4 Å². The number of benzene rings is 1. The van der Waals surface area contributed by atoms with Crippen molar-refractivity contribution in [1.82, 2.24) is 5.32 Å². The van der Waals surface area contributed by atoms with E-state index in [2.05, 4.69) is 5.32 Å². The Morgan fingerprint density at radius 2 is 2.22 bits per heavy atom. The number of hydrogen-bond donors (Lipinski definition) is 2. The molecule has 0 aliphatic rings. The number of halogens is 1. The van der Waals surface area contributed by atoms with Crippen LogP contribution in [0.4, 0.5) is 4.39 Å². The summed E-state index contributed by atoms with van der Waals surface area (Å²) in [5.41, 5.74) is 0.953. The van der Waals surface area contributed by atoms with Crippen molar-refractivity contribution < 1.29 is 14.2 Å². The van der Waals surface area contributed by atoms with Crippen molar-refractivity contribution >= 4 is 0 Å². The van der Waals surface area contributed by atoms with Crippen LogP contribution < -0.4 is 5.32 Å². The molecule has 1 rings (SSSR count). The minimum atomic E-state index is -0.387. The summed E-state index contributed by atoms with van der Waals surface area (Å²) in [6.45, 7) is 2.92. The van der Waals surface area contributed by atoms with Gasteiger partial charge in [-0.05, 0) is 37.5 Å². The third-order valence-corrected chi connectivity index (χ3v) is 2.74. The smallest absolute Gasteiger partial charge is 0.123 e. The lowest BCUT2D eigenvalue weighted by Crippen LogP contribution is -2.37. The van der Waals surface area contributed by atoms with Gasteiger partial charge in [0.2, 0.25) is 0 Å². The summed E-state index contributed by atoms with van der Waals surface area (Å²) < 4.78 is 18.2. The topological polar surface area (TPSA) is 41.5 Å². The van der Waals surface area contributed by atoms with Gasteiger partial charge >= 0.3 is 0 Å². The molecule has 1 aromatic carbocycles. The van der Waals surface area contributed by atoms with Gasteiger partial charge in [0.1, 0.15) is 5.82 Å². The van der Waals surface area contributed by atoms with Crippen LogP contribution in [-0.4, -0.2) is 37.5 Å². The van der Waals surface area contributed by atoms with Crippen LogP contribution in [-0.2, 0) is 11.2 Å². The van der Waals surface area contributed by atoms with E-state index in [0.29, 0.717) is 13.2 Å². The monoisotopic (exact) mass is 255 g/mol. The molecule has 0 spiro atoms. The Balaban J connectivity index is 2.53. The fraction of sp³-hybridized carbons (Fsp3) is 0.571. The Morgan fingerprint density at radius 3 is 2.83 bits per heavy atom. The highest BCUT2D eigenvalue weighted by molar-refractivity contribution is 5.17. The average Bonchev–Trinajstić information content (AvgIpc) is 2.32. The van der Waals surface area contributed by atoms with Gasteiger partial charge in [-0.15, -0.1) is 0 Å². The van der Waals surface area contributed by atoms with Gasteiger partial charge in [-0.3, -0.25) is 0 Å². The molecule has 4 heteroatoms. The largest absolute Gasteiger partial charge is 0.392 e. The van der Waals surface area contributed by atoms with Crippen LogP contribution in [0, 0.1) is 5.82 Å². The molecule has 0 amide bonds. The van der Waals surface area contributed by atoms with E-state index in [-0.39, 0.29) is 18.0 Å². The van der Waals surface area contributed by atoms with E-state index in [4.69, 9.17) is 4.74 Å². The van der Waals surface area contributed by atoms with Crippen molar-refractivity contribution in [3.63, 3.8) is 0 Å². The number of aliphatic hydroxyl groups is 1. The number of hydrogen-bond acceptors (Lipinski definition) is 3.